The first kappa shape index (κ1) is 53.4. The van der Waals surface area contributed by atoms with Crippen LogP contribution in [0.2, 0.25) is 0 Å². The summed E-state index contributed by atoms with van der Waals surface area (Å²) in [4.78, 5) is 66.1. The van der Waals surface area contributed by atoms with Crippen molar-refractivity contribution in [1.29, 1.82) is 0 Å². The lowest BCUT2D eigenvalue weighted by atomic mass is 9.85. The fraction of sp³-hybridized carbons (Fsp3) is 0.407. The number of allylic oxidation sites excluding steroid dienone is 1. The van der Waals surface area contributed by atoms with Crippen molar-refractivity contribution in [3.8, 4) is 27.4 Å². The smallest absolute Gasteiger partial charge is 0.249 e. The number of phenolic OH excluding ortho intramolecular Hbond substituents is 1. The number of benzene rings is 3. The molecule has 5 aromatic rings. The number of carbonyl (C=O) groups is 4. The minimum atomic E-state index is -0.888. The molecular formula is C54H68N10O6S. The van der Waals surface area contributed by atoms with Gasteiger partial charge in [-0.1, -0.05) is 120 Å². The van der Waals surface area contributed by atoms with Crippen molar-refractivity contribution in [2.75, 3.05) is 18.8 Å². The second-order valence-corrected chi connectivity index (χ2v) is 20.0. The van der Waals surface area contributed by atoms with Crippen molar-refractivity contribution < 1.29 is 29.4 Å². The maximum Gasteiger partial charge on any atom is 0.249 e. The molecule has 17 heteroatoms. The van der Waals surface area contributed by atoms with E-state index < -0.39 is 29.6 Å². The summed E-state index contributed by atoms with van der Waals surface area (Å²) in [6.45, 7) is 9.98. The zero-order chi connectivity index (χ0) is 51.1. The van der Waals surface area contributed by atoms with Crippen LogP contribution in [0.15, 0.2) is 102 Å². The van der Waals surface area contributed by atoms with E-state index in [0.717, 1.165) is 60.2 Å². The summed E-state index contributed by atoms with van der Waals surface area (Å²) in [6, 6.07) is 22.7. The number of aromatic nitrogens is 3. The summed E-state index contributed by atoms with van der Waals surface area (Å²) in [7, 11) is 0. The number of thiazole rings is 1. The van der Waals surface area contributed by atoms with Gasteiger partial charge in [-0.2, -0.15) is 0 Å². The molecule has 376 valence electrons. The number of aromatic hydroxyl groups is 1. The van der Waals surface area contributed by atoms with Crippen LogP contribution < -0.4 is 27.4 Å². The zero-order valence-electron chi connectivity index (χ0n) is 41.3. The number of phenols is 1. The Kier molecular flexibility index (Phi) is 19.0. The van der Waals surface area contributed by atoms with Crippen molar-refractivity contribution in [2.45, 2.75) is 123 Å². The lowest BCUT2D eigenvalue weighted by Crippen LogP contribution is -2.57. The lowest BCUT2D eigenvalue weighted by molar-refractivity contribution is -0.144. The zero-order valence-corrected chi connectivity index (χ0v) is 42.1. The summed E-state index contributed by atoms with van der Waals surface area (Å²) >= 11 is 1.58. The number of nitrogens with two attached hydrogens (primary N) is 2. The quantitative estimate of drug-likeness (QED) is 0.0263. The molecular weight excluding hydrogens is 917 g/mol. The molecule has 0 aliphatic carbocycles. The van der Waals surface area contributed by atoms with E-state index in [1.807, 2.05) is 94.7 Å². The fourth-order valence-corrected chi connectivity index (χ4v) is 9.41. The molecule has 1 aliphatic heterocycles. The maximum atomic E-state index is 14.1. The number of carbonyl (C=O) groups excluding carboxylic acids is 4. The number of hydrogen-bond donors (Lipinski definition) is 7. The Balaban J connectivity index is 0.915. The van der Waals surface area contributed by atoms with Crippen molar-refractivity contribution >= 4 is 52.6 Å². The second-order valence-electron chi connectivity index (χ2n) is 19.2. The van der Waals surface area contributed by atoms with Crippen LogP contribution in [-0.4, -0.2) is 91.4 Å². The molecule has 1 fully saturated rings. The van der Waals surface area contributed by atoms with Gasteiger partial charge in [-0.25, -0.2) is 4.98 Å². The van der Waals surface area contributed by atoms with E-state index in [4.69, 9.17) is 11.5 Å². The van der Waals surface area contributed by atoms with Crippen LogP contribution in [0.5, 0.6) is 5.75 Å². The first-order valence-corrected chi connectivity index (χ1v) is 25.2. The Bertz CT molecular complexity index is 2650. The number of unbranched alkanes of at least 4 members (excludes halogenated alkanes) is 6. The molecule has 0 spiro atoms. The Morgan fingerprint density at radius 2 is 1.58 bits per heavy atom. The number of rotatable bonds is 22. The van der Waals surface area contributed by atoms with Crippen LogP contribution in [0.25, 0.3) is 27.3 Å². The molecule has 4 amide bonds. The minimum absolute atomic E-state index is 0.00670. The number of amides is 4. The first-order valence-electron chi connectivity index (χ1n) is 24.3. The topological polar surface area (TPSA) is 251 Å². The van der Waals surface area contributed by atoms with Crippen LogP contribution >= 0.6 is 11.3 Å². The first-order chi connectivity index (χ1) is 34.0. The Morgan fingerprint density at radius 1 is 0.901 bits per heavy atom. The monoisotopic (exact) mass is 985 g/mol. The van der Waals surface area contributed by atoms with Crippen LogP contribution in [0.4, 0.5) is 5.82 Å². The van der Waals surface area contributed by atoms with Gasteiger partial charge < -0.3 is 42.5 Å². The van der Waals surface area contributed by atoms with E-state index in [1.165, 1.54) is 17.3 Å². The highest BCUT2D eigenvalue weighted by Gasteiger charge is 2.44. The molecule has 71 heavy (non-hydrogen) atoms. The number of aliphatic hydroxyl groups excluding tert-OH is 1. The Labute approximate surface area is 420 Å². The highest BCUT2D eigenvalue weighted by atomic mass is 32.1. The third-order valence-electron chi connectivity index (χ3n) is 12.7. The van der Waals surface area contributed by atoms with E-state index in [1.54, 1.807) is 41.7 Å². The number of aliphatic hydroxyl groups is 1. The highest BCUT2D eigenvalue weighted by Crippen LogP contribution is 2.32. The Hall–Kier alpha value is -6.98. The van der Waals surface area contributed by atoms with E-state index in [0.29, 0.717) is 40.9 Å². The SMILES string of the molecule is Cc1ncsc1-c1ccc([C@H](C)NC(=O)[C@@H]2C[C@@H](O)CN2C(=O)[C@@H](NC(=O)CCCCCCCCCNC(=O)C(N=CC(=CN)c2cc(-c3ccccc3O)nnc2N)c2ccccc2)C(C)(C)C)cc1. The van der Waals surface area contributed by atoms with Gasteiger partial charge >= 0.3 is 0 Å². The molecule has 0 saturated carbocycles. The molecule has 1 unspecified atom stereocenters. The van der Waals surface area contributed by atoms with Crippen molar-refractivity contribution in [1.82, 2.24) is 36.0 Å². The van der Waals surface area contributed by atoms with Gasteiger partial charge in [-0.3, -0.25) is 24.2 Å². The van der Waals surface area contributed by atoms with Crippen LogP contribution in [0, 0.1) is 12.3 Å². The number of nitrogens with zero attached hydrogens (tertiary/aromatic N) is 5. The van der Waals surface area contributed by atoms with E-state index >= 15 is 0 Å². The number of nitrogen functional groups attached to an aromatic ring is 1. The molecule has 0 bridgehead atoms. The van der Waals surface area contributed by atoms with Crippen LogP contribution in [0.3, 0.4) is 0 Å². The van der Waals surface area contributed by atoms with Gasteiger partial charge in [-0.15, -0.1) is 21.5 Å². The number of nitrogens with one attached hydrogen (secondary N) is 3. The molecule has 1 aliphatic rings. The summed E-state index contributed by atoms with van der Waals surface area (Å²) in [5.41, 5.74) is 18.8. The number of likely N-dealkylation sites (tertiary alicyclic amines) is 1. The van der Waals surface area contributed by atoms with E-state index in [9.17, 15) is 29.4 Å². The summed E-state index contributed by atoms with van der Waals surface area (Å²) in [5, 5.41) is 38.3. The van der Waals surface area contributed by atoms with Crippen molar-refractivity contribution in [3.63, 3.8) is 0 Å². The summed E-state index contributed by atoms with van der Waals surface area (Å²) in [6.07, 6.45) is 8.41. The molecule has 5 atom stereocenters. The van der Waals surface area contributed by atoms with Gasteiger partial charge in [0.05, 0.1) is 33.9 Å². The Morgan fingerprint density at radius 3 is 2.24 bits per heavy atom. The third-order valence-corrected chi connectivity index (χ3v) is 13.6. The number of hydrogen-bond acceptors (Lipinski definition) is 13. The van der Waals surface area contributed by atoms with Gasteiger partial charge in [0, 0.05) is 55.0 Å². The molecule has 2 aromatic heterocycles. The second kappa shape index (κ2) is 25.2. The largest absolute Gasteiger partial charge is 0.507 e. The van der Waals surface area contributed by atoms with Crippen LogP contribution in [-0.2, 0) is 19.2 Å². The fourth-order valence-electron chi connectivity index (χ4n) is 8.60. The van der Waals surface area contributed by atoms with Gasteiger partial charge in [0.2, 0.25) is 23.6 Å². The van der Waals surface area contributed by atoms with Gasteiger partial charge in [-0.05, 0) is 67.0 Å². The molecule has 6 rings (SSSR count). The molecule has 16 nitrogen and oxygen atoms in total. The van der Waals surface area contributed by atoms with E-state index in [-0.39, 0.29) is 60.6 Å². The molecule has 1 saturated heterocycles. The van der Waals surface area contributed by atoms with Crippen molar-refractivity contribution in [2.24, 2.45) is 16.1 Å². The number of aryl methyl sites for hydroxylation is 1. The number of aliphatic imine (C=N–C) groups is 1. The normalized spacial score (nSPS) is 16.4. The van der Waals surface area contributed by atoms with Crippen molar-refractivity contribution in [3.05, 3.63) is 119 Å². The van der Waals surface area contributed by atoms with Gasteiger partial charge in [0.15, 0.2) is 11.9 Å². The van der Waals surface area contributed by atoms with E-state index in [2.05, 4.69) is 36.1 Å². The standard InChI is InChI=1S/C54H68N10O6S/c1-34(36-23-25-38(26-24-36)48-35(2)59-33-71-48)60-51(68)44-28-40(65)32-64(44)53(70)49(54(3,4)5)61-46(67)22-14-9-7-6-8-10-17-27-57-52(69)47(37-18-12-11-13-19-37)58-31-39(30-55)42-29-43(62-63-50(42)56)41-20-15-16-21-45(41)66/h11-13,15-16,18-21,23-26,29-31,33-34,40,44,47,49,65-66H,6-10,14,17,22,27-28,32,55H2,1-5H3,(H2,56,63)(H,57,69)(H,60,68)(H,61,67)/t34-,40+,44-,47?,49+/m0/s1. The van der Waals surface area contributed by atoms with Crippen LogP contribution in [0.1, 0.15) is 120 Å². The number of anilines is 1. The average molecular weight is 985 g/mol. The maximum absolute atomic E-state index is 14.1. The molecule has 0 radical (unpaired) electrons. The third kappa shape index (κ3) is 14.5. The van der Waals surface area contributed by atoms with Gasteiger partial charge in [0.1, 0.15) is 17.8 Å². The molecule has 3 heterocycles. The highest BCUT2D eigenvalue weighted by molar-refractivity contribution is 7.13. The summed E-state index contributed by atoms with van der Waals surface area (Å²) < 4.78 is 0. The minimum Gasteiger partial charge on any atom is -0.507 e. The summed E-state index contributed by atoms with van der Waals surface area (Å²) in [5.74, 6) is -1.08. The predicted molar refractivity (Wildman–Crippen MR) is 280 cm³/mol. The average Bonchev–Trinajstić information content (AvgIpc) is 3.98. The number of para-hydroxylation sites is 1. The predicted octanol–water partition coefficient (Wildman–Crippen LogP) is 7.58. The molecule has 3 aromatic carbocycles. The lowest BCUT2D eigenvalue weighted by Gasteiger charge is -2.35. The van der Waals surface area contributed by atoms with Gasteiger partial charge in [0.25, 0.3) is 0 Å². The molecule has 9 N–H and O–H groups in total. The number of β-amino-alcohol motifs (C(OH)–C–C–N with tert-alkyl or cyclic N) is 1.